The van der Waals surface area contributed by atoms with Gasteiger partial charge in [-0.15, -0.1) is 5.54 Å². The summed E-state index contributed by atoms with van der Waals surface area (Å²) >= 11 is 0. The first-order valence-electron chi connectivity index (χ1n) is 6.58. The minimum atomic E-state index is -1.33. The molecule has 20 heavy (non-hydrogen) atoms. The molecular weight excluding hydrogens is 258 g/mol. The van der Waals surface area contributed by atoms with Gasteiger partial charge in [0.1, 0.15) is 8.07 Å². The molecule has 0 spiro atoms. The molecule has 0 bridgehead atoms. The Kier molecular flexibility index (Phi) is 4.40. The Morgan fingerprint density at radius 3 is 2.15 bits per heavy atom. The summed E-state index contributed by atoms with van der Waals surface area (Å²) in [6.45, 7) is 6.73. The molecule has 1 nitrogen and oxygen atoms in total. The lowest BCUT2D eigenvalue weighted by Gasteiger charge is -2.03. The molecule has 0 aliphatic carbocycles. The molecule has 1 aromatic carbocycles. The number of rotatable bonds is 0. The average Bonchev–Trinajstić information content (AvgIpc) is 2.44. The topological polar surface area (TPSA) is 12.9 Å². The number of nitrogens with zero attached hydrogens (tertiary/aromatic N) is 1. The molecule has 2 aromatic rings. The van der Waals surface area contributed by atoms with E-state index in [2.05, 4.69) is 47.9 Å². The van der Waals surface area contributed by atoms with Gasteiger partial charge in [-0.05, 0) is 30.3 Å². The SMILES string of the molecule is C[Si](C)(C)C#Cc1cccc(C#Cc2cccnc2)c1. The van der Waals surface area contributed by atoms with E-state index in [4.69, 9.17) is 0 Å². The summed E-state index contributed by atoms with van der Waals surface area (Å²) < 4.78 is 0. The van der Waals surface area contributed by atoms with Gasteiger partial charge in [0.15, 0.2) is 0 Å². The van der Waals surface area contributed by atoms with Crippen LogP contribution in [0.5, 0.6) is 0 Å². The Balaban J connectivity index is 2.23. The molecular formula is C18H17NSi. The van der Waals surface area contributed by atoms with Crippen molar-refractivity contribution in [3.05, 3.63) is 65.5 Å². The molecule has 2 heteroatoms. The van der Waals surface area contributed by atoms with Gasteiger partial charge < -0.3 is 0 Å². The Hall–Kier alpha value is -2.29. The molecule has 0 atom stereocenters. The predicted octanol–water partition coefficient (Wildman–Crippen LogP) is 3.71. The normalized spacial score (nSPS) is 9.95. The first-order valence-corrected chi connectivity index (χ1v) is 10.1. The third-order valence-corrected chi connectivity index (χ3v) is 3.33. The van der Waals surface area contributed by atoms with Crippen molar-refractivity contribution in [2.75, 3.05) is 0 Å². The highest BCUT2D eigenvalue weighted by molar-refractivity contribution is 6.83. The quantitative estimate of drug-likeness (QED) is 0.527. The van der Waals surface area contributed by atoms with Gasteiger partial charge in [-0.25, -0.2) is 0 Å². The van der Waals surface area contributed by atoms with Crippen molar-refractivity contribution < 1.29 is 0 Å². The van der Waals surface area contributed by atoms with Crippen LogP contribution >= 0.6 is 0 Å². The fourth-order valence-electron chi connectivity index (χ4n) is 1.52. The highest BCUT2D eigenvalue weighted by atomic mass is 28.3. The summed E-state index contributed by atoms with van der Waals surface area (Å²) in [6, 6.07) is 11.9. The summed E-state index contributed by atoms with van der Waals surface area (Å²) in [5.41, 5.74) is 6.31. The lowest BCUT2D eigenvalue weighted by molar-refractivity contribution is 1.31. The molecule has 0 amide bonds. The zero-order chi connectivity index (χ0) is 14.4. The molecule has 0 fully saturated rings. The van der Waals surface area contributed by atoms with Gasteiger partial charge in [-0.2, -0.15) is 0 Å². The van der Waals surface area contributed by atoms with E-state index < -0.39 is 8.07 Å². The summed E-state index contributed by atoms with van der Waals surface area (Å²) in [6.07, 6.45) is 3.51. The molecule has 0 aliphatic heterocycles. The lowest BCUT2D eigenvalue weighted by atomic mass is 10.1. The van der Waals surface area contributed by atoms with Gasteiger partial charge in [0.2, 0.25) is 0 Å². The van der Waals surface area contributed by atoms with Gasteiger partial charge in [0.05, 0.1) is 0 Å². The first kappa shape index (κ1) is 14.1. The van der Waals surface area contributed by atoms with Gasteiger partial charge in [-0.3, -0.25) is 4.98 Å². The molecule has 0 aliphatic rings. The molecule has 0 unspecified atom stereocenters. The molecule has 0 saturated carbocycles. The smallest absolute Gasteiger partial charge is 0.129 e. The zero-order valence-electron chi connectivity index (χ0n) is 12.1. The van der Waals surface area contributed by atoms with E-state index in [0.29, 0.717) is 0 Å². The molecule has 0 radical (unpaired) electrons. The Morgan fingerprint density at radius 2 is 1.50 bits per heavy atom. The minimum Gasteiger partial charge on any atom is -0.263 e. The van der Waals surface area contributed by atoms with Gasteiger partial charge >= 0.3 is 0 Å². The summed E-state index contributed by atoms with van der Waals surface area (Å²) in [4.78, 5) is 4.05. The van der Waals surface area contributed by atoms with Crippen LogP contribution in [0.2, 0.25) is 19.6 Å². The zero-order valence-corrected chi connectivity index (χ0v) is 13.1. The molecule has 0 N–H and O–H groups in total. The number of benzene rings is 1. The maximum absolute atomic E-state index is 4.05. The van der Waals surface area contributed by atoms with E-state index >= 15 is 0 Å². The van der Waals surface area contributed by atoms with E-state index in [0.717, 1.165) is 16.7 Å². The van der Waals surface area contributed by atoms with Crippen molar-refractivity contribution in [1.82, 2.24) is 4.98 Å². The van der Waals surface area contributed by atoms with Crippen molar-refractivity contribution in [3.8, 4) is 23.3 Å². The summed E-state index contributed by atoms with van der Waals surface area (Å²) in [5.74, 6) is 9.52. The van der Waals surface area contributed by atoms with E-state index in [1.54, 1.807) is 12.4 Å². The highest BCUT2D eigenvalue weighted by Gasteiger charge is 2.07. The average molecular weight is 275 g/mol. The number of hydrogen-bond acceptors (Lipinski definition) is 1. The first-order chi connectivity index (χ1) is 9.53. The molecule has 1 heterocycles. The second-order valence-electron chi connectivity index (χ2n) is 5.57. The molecule has 0 saturated heterocycles. The van der Waals surface area contributed by atoms with Gasteiger partial charge in [0.25, 0.3) is 0 Å². The third kappa shape index (κ3) is 4.76. The lowest BCUT2D eigenvalue weighted by Crippen LogP contribution is -2.16. The summed E-state index contributed by atoms with van der Waals surface area (Å²) in [7, 11) is -1.33. The van der Waals surface area contributed by atoms with Crippen LogP contribution in [0, 0.1) is 23.3 Å². The largest absolute Gasteiger partial charge is 0.263 e. The summed E-state index contributed by atoms with van der Waals surface area (Å²) in [5, 5.41) is 0. The fraction of sp³-hybridized carbons (Fsp3) is 0.167. The van der Waals surface area contributed by atoms with Crippen LogP contribution in [0.1, 0.15) is 16.7 Å². The van der Waals surface area contributed by atoms with E-state index in [9.17, 15) is 0 Å². The highest BCUT2D eigenvalue weighted by Crippen LogP contribution is 2.05. The molecule has 2 rings (SSSR count). The van der Waals surface area contributed by atoms with Crippen molar-refractivity contribution in [1.29, 1.82) is 0 Å². The monoisotopic (exact) mass is 275 g/mol. The van der Waals surface area contributed by atoms with Crippen LogP contribution in [0.4, 0.5) is 0 Å². The Labute approximate surface area is 122 Å². The maximum atomic E-state index is 4.05. The maximum Gasteiger partial charge on any atom is 0.129 e. The van der Waals surface area contributed by atoms with Crippen LogP contribution in [0.3, 0.4) is 0 Å². The fourth-order valence-corrected chi connectivity index (χ4v) is 2.03. The van der Waals surface area contributed by atoms with Gasteiger partial charge in [-0.1, -0.05) is 43.5 Å². The second kappa shape index (κ2) is 6.24. The van der Waals surface area contributed by atoms with Crippen molar-refractivity contribution >= 4 is 8.07 Å². The number of aromatic nitrogens is 1. The van der Waals surface area contributed by atoms with E-state index in [1.165, 1.54) is 0 Å². The van der Waals surface area contributed by atoms with Crippen molar-refractivity contribution in [2.24, 2.45) is 0 Å². The van der Waals surface area contributed by atoms with Crippen LogP contribution in [0.25, 0.3) is 0 Å². The molecule has 1 aromatic heterocycles. The predicted molar refractivity (Wildman–Crippen MR) is 86.9 cm³/mol. The third-order valence-electron chi connectivity index (χ3n) is 2.46. The van der Waals surface area contributed by atoms with Crippen LogP contribution in [-0.2, 0) is 0 Å². The van der Waals surface area contributed by atoms with E-state index in [-0.39, 0.29) is 0 Å². The van der Waals surface area contributed by atoms with Crippen molar-refractivity contribution in [3.63, 3.8) is 0 Å². The van der Waals surface area contributed by atoms with Crippen molar-refractivity contribution in [2.45, 2.75) is 19.6 Å². The van der Waals surface area contributed by atoms with Crippen LogP contribution in [0.15, 0.2) is 48.8 Å². The number of hydrogen-bond donors (Lipinski definition) is 0. The van der Waals surface area contributed by atoms with Crippen LogP contribution in [-0.4, -0.2) is 13.1 Å². The van der Waals surface area contributed by atoms with Crippen LogP contribution < -0.4 is 0 Å². The van der Waals surface area contributed by atoms with Gasteiger partial charge in [0, 0.05) is 29.1 Å². The standard InChI is InChI=1S/C18H17NSi/c1-20(2,3)13-11-17-7-4-6-16(14-17)9-10-18-8-5-12-19-15-18/h4-8,12,14-15H,1-3H3. The Morgan fingerprint density at radius 1 is 0.850 bits per heavy atom. The Bertz CT molecular complexity index is 704. The minimum absolute atomic E-state index is 0.922. The van der Waals surface area contributed by atoms with E-state index in [1.807, 2.05) is 36.4 Å². The second-order valence-corrected chi connectivity index (χ2v) is 10.3. The molecule has 98 valence electrons. The number of pyridine rings is 1.